The lowest BCUT2D eigenvalue weighted by Crippen LogP contribution is -2.39. The fourth-order valence-corrected chi connectivity index (χ4v) is 1.75. The summed E-state index contributed by atoms with van der Waals surface area (Å²) in [5, 5.41) is 2.67. The zero-order chi connectivity index (χ0) is 9.68. The molecule has 1 fully saturated rings. The van der Waals surface area contributed by atoms with E-state index in [1.54, 1.807) is 0 Å². The van der Waals surface area contributed by atoms with Gasteiger partial charge in [0.15, 0.2) is 0 Å². The van der Waals surface area contributed by atoms with Crippen LogP contribution in [0.15, 0.2) is 0 Å². The highest BCUT2D eigenvalue weighted by Crippen LogP contribution is 2.15. The Morgan fingerprint density at radius 2 is 2.15 bits per heavy atom. The molecule has 1 heterocycles. The largest absolute Gasteiger partial charge is 0.352 e. The van der Waals surface area contributed by atoms with E-state index >= 15 is 0 Å². The number of nitrogens with two attached hydrogens (primary N) is 1. The van der Waals surface area contributed by atoms with Crippen LogP contribution in [0.2, 0.25) is 0 Å². The highest BCUT2D eigenvalue weighted by atomic mass is 16.2. The summed E-state index contributed by atoms with van der Waals surface area (Å²) in [7, 11) is 0. The number of amides is 2. The standard InChI is InChI=1S/C9H19N3O/c1-2-12-5-3-8(4-6-12)7-11-9(10)13/h8H,2-7H2,1H3,(H3,10,11,13). The SMILES string of the molecule is CCN1CCC(CNC(N)=O)CC1. The van der Waals surface area contributed by atoms with Gasteiger partial charge in [-0.05, 0) is 38.4 Å². The molecule has 0 aromatic heterocycles. The van der Waals surface area contributed by atoms with Gasteiger partial charge in [0.2, 0.25) is 0 Å². The number of rotatable bonds is 3. The van der Waals surface area contributed by atoms with Crippen molar-refractivity contribution in [2.75, 3.05) is 26.2 Å². The molecule has 1 rings (SSSR count). The van der Waals surface area contributed by atoms with Gasteiger partial charge >= 0.3 is 6.03 Å². The summed E-state index contributed by atoms with van der Waals surface area (Å²) in [5.74, 6) is 0.621. The van der Waals surface area contributed by atoms with Gasteiger partial charge in [0.05, 0.1) is 0 Å². The van der Waals surface area contributed by atoms with Crippen LogP contribution in [0, 0.1) is 5.92 Å². The van der Waals surface area contributed by atoms with Crippen LogP contribution in [-0.4, -0.2) is 37.1 Å². The van der Waals surface area contributed by atoms with E-state index in [0.717, 1.165) is 26.2 Å². The van der Waals surface area contributed by atoms with Gasteiger partial charge in [0.1, 0.15) is 0 Å². The maximum absolute atomic E-state index is 10.5. The van der Waals surface area contributed by atoms with Gasteiger partial charge < -0.3 is 16.0 Å². The fraction of sp³-hybridized carbons (Fsp3) is 0.889. The Balaban J connectivity index is 2.14. The molecule has 1 aliphatic heterocycles. The quantitative estimate of drug-likeness (QED) is 0.668. The second-order valence-electron chi connectivity index (χ2n) is 3.62. The molecule has 0 aromatic rings. The number of nitrogens with one attached hydrogen (secondary N) is 1. The second-order valence-corrected chi connectivity index (χ2v) is 3.62. The molecular formula is C9H19N3O. The van der Waals surface area contributed by atoms with E-state index in [-0.39, 0.29) is 0 Å². The van der Waals surface area contributed by atoms with Crippen molar-refractivity contribution in [3.8, 4) is 0 Å². The molecule has 76 valence electrons. The third-order valence-corrected chi connectivity index (χ3v) is 2.72. The number of carbonyl (C=O) groups excluding carboxylic acids is 1. The van der Waals surface area contributed by atoms with Crippen LogP contribution in [0.4, 0.5) is 4.79 Å². The number of primary amides is 1. The van der Waals surface area contributed by atoms with Gasteiger partial charge in [-0.3, -0.25) is 0 Å². The lowest BCUT2D eigenvalue weighted by molar-refractivity contribution is 0.189. The first-order valence-corrected chi connectivity index (χ1v) is 4.98. The van der Waals surface area contributed by atoms with E-state index in [1.165, 1.54) is 12.8 Å². The maximum Gasteiger partial charge on any atom is 0.312 e. The normalized spacial score (nSPS) is 20.1. The third-order valence-electron chi connectivity index (χ3n) is 2.72. The minimum absolute atomic E-state index is 0.405. The van der Waals surface area contributed by atoms with E-state index in [0.29, 0.717) is 5.92 Å². The van der Waals surface area contributed by atoms with Gasteiger partial charge in [-0.15, -0.1) is 0 Å². The van der Waals surface area contributed by atoms with Crippen LogP contribution < -0.4 is 11.1 Å². The number of urea groups is 1. The Kier molecular flexibility index (Phi) is 4.02. The van der Waals surface area contributed by atoms with Gasteiger partial charge in [0, 0.05) is 6.54 Å². The van der Waals surface area contributed by atoms with Gasteiger partial charge in [-0.1, -0.05) is 6.92 Å². The molecule has 0 radical (unpaired) electrons. The van der Waals surface area contributed by atoms with Crippen LogP contribution >= 0.6 is 0 Å². The molecule has 4 nitrogen and oxygen atoms in total. The third kappa shape index (κ3) is 3.63. The first-order valence-electron chi connectivity index (χ1n) is 4.98. The van der Waals surface area contributed by atoms with Crippen molar-refractivity contribution in [3.63, 3.8) is 0 Å². The Labute approximate surface area is 79.5 Å². The molecule has 3 N–H and O–H groups in total. The lowest BCUT2D eigenvalue weighted by atomic mass is 9.97. The van der Waals surface area contributed by atoms with E-state index in [2.05, 4.69) is 17.1 Å². The summed E-state index contributed by atoms with van der Waals surface area (Å²) in [5.41, 5.74) is 5.00. The second kappa shape index (κ2) is 5.07. The molecule has 0 bridgehead atoms. The Morgan fingerprint density at radius 3 is 2.62 bits per heavy atom. The molecule has 0 spiro atoms. The molecule has 13 heavy (non-hydrogen) atoms. The highest BCUT2D eigenvalue weighted by Gasteiger charge is 2.17. The Hall–Kier alpha value is -0.770. The molecule has 0 saturated carbocycles. The first-order chi connectivity index (χ1) is 6.22. The monoisotopic (exact) mass is 185 g/mol. The van der Waals surface area contributed by atoms with E-state index in [4.69, 9.17) is 5.73 Å². The molecule has 1 aliphatic rings. The van der Waals surface area contributed by atoms with Gasteiger partial charge in [-0.25, -0.2) is 4.79 Å². The summed E-state index contributed by atoms with van der Waals surface area (Å²) >= 11 is 0. The summed E-state index contributed by atoms with van der Waals surface area (Å²) in [6.45, 7) is 6.37. The predicted molar refractivity (Wildman–Crippen MR) is 52.4 cm³/mol. The van der Waals surface area contributed by atoms with Crippen LogP contribution in [0.1, 0.15) is 19.8 Å². The number of carbonyl (C=O) groups is 1. The topological polar surface area (TPSA) is 58.4 Å². The van der Waals surface area contributed by atoms with Crippen molar-refractivity contribution in [2.45, 2.75) is 19.8 Å². The summed E-state index contributed by atoms with van der Waals surface area (Å²) in [6.07, 6.45) is 2.35. The molecule has 0 aliphatic carbocycles. The zero-order valence-electron chi connectivity index (χ0n) is 8.25. The lowest BCUT2D eigenvalue weighted by Gasteiger charge is -2.30. The number of piperidine rings is 1. The van der Waals surface area contributed by atoms with Crippen LogP contribution in [-0.2, 0) is 0 Å². The number of hydrogen-bond donors (Lipinski definition) is 2. The van der Waals surface area contributed by atoms with Crippen molar-refractivity contribution in [3.05, 3.63) is 0 Å². The predicted octanol–water partition coefficient (Wildman–Crippen LogP) is 0.387. The van der Waals surface area contributed by atoms with E-state index in [1.807, 2.05) is 0 Å². The van der Waals surface area contributed by atoms with Crippen molar-refractivity contribution in [2.24, 2.45) is 11.7 Å². The minimum Gasteiger partial charge on any atom is -0.352 e. The summed E-state index contributed by atoms with van der Waals surface area (Å²) < 4.78 is 0. The molecule has 0 unspecified atom stereocenters. The molecular weight excluding hydrogens is 166 g/mol. The molecule has 0 aromatic carbocycles. The number of hydrogen-bond acceptors (Lipinski definition) is 2. The average Bonchev–Trinajstić information content (AvgIpc) is 2.15. The molecule has 2 amide bonds. The van der Waals surface area contributed by atoms with Crippen molar-refractivity contribution >= 4 is 6.03 Å². The van der Waals surface area contributed by atoms with Crippen molar-refractivity contribution in [1.82, 2.24) is 10.2 Å². The van der Waals surface area contributed by atoms with Gasteiger partial charge in [-0.2, -0.15) is 0 Å². The summed E-state index contributed by atoms with van der Waals surface area (Å²) in [4.78, 5) is 12.9. The fourth-order valence-electron chi connectivity index (χ4n) is 1.75. The first kappa shape index (κ1) is 10.3. The maximum atomic E-state index is 10.5. The number of nitrogens with zero attached hydrogens (tertiary/aromatic N) is 1. The average molecular weight is 185 g/mol. The molecule has 4 heteroatoms. The van der Waals surface area contributed by atoms with E-state index in [9.17, 15) is 4.79 Å². The molecule has 0 atom stereocenters. The van der Waals surface area contributed by atoms with Crippen LogP contribution in [0.5, 0.6) is 0 Å². The zero-order valence-corrected chi connectivity index (χ0v) is 8.25. The van der Waals surface area contributed by atoms with Gasteiger partial charge in [0.25, 0.3) is 0 Å². The highest BCUT2D eigenvalue weighted by molar-refractivity contribution is 5.71. The Bertz CT molecular complexity index is 164. The summed E-state index contributed by atoms with van der Waals surface area (Å²) in [6, 6.07) is -0.405. The van der Waals surface area contributed by atoms with Crippen molar-refractivity contribution in [1.29, 1.82) is 0 Å². The Morgan fingerprint density at radius 1 is 1.54 bits per heavy atom. The smallest absolute Gasteiger partial charge is 0.312 e. The van der Waals surface area contributed by atoms with Crippen molar-refractivity contribution < 1.29 is 4.79 Å². The minimum atomic E-state index is -0.405. The van der Waals surface area contributed by atoms with Crippen LogP contribution in [0.25, 0.3) is 0 Å². The van der Waals surface area contributed by atoms with E-state index < -0.39 is 6.03 Å². The molecule has 1 saturated heterocycles. The number of likely N-dealkylation sites (tertiary alicyclic amines) is 1. The van der Waals surface area contributed by atoms with Crippen LogP contribution in [0.3, 0.4) is 0 Å².